The van der Waals surface area contributed by atoms with E-state index in [2.05, 4.69) is 5.32 Å². The maximum absolute atomic E-state index is 13.9. The molecule has 2 amide bonds. The molecule has 1 atom stereocenters. The first-order chi connectivity index (χ1) is 19.2. The van der Waals surface area contributed by atoms with Crippen LogP contribution in [0.2, 0.25) is 5.02 Å². The second-order valence-corrected chi connectivity index (χ2v) is 11.5. The molecule has 0 spiro atoms. The number of anilines is 1. The SMILES string of the molecule is CCNC(=O)[C@@H](Cc1ccccc1)N(Cc1ccc(F)cc1)C(=O)CN(c1cc(C(F)(F)F)ccc1Cl)S(C)(=O)=O. The largest absolute Gasteiger partial charge is 0.416 e. The third-order valence-electron chi connectivity index (χ3n) is 6.11. The molecular weight excluding hydrogens is 586 g/mol. The molecular formula is C28H28ClF4N3O4S. The fourth-order valence-electron chi connectivity index (χ4n) is 4.11. The summed E-state index contributed by atoms with van der Waals surface area (Å²) in [5, 5.41) is 2.35. The van der Waals surface area contributed by atoms with Crippen molar-refractivity contribution < 1.29 is 35.6 Å². The lowest BCUT2D eigenvalue weighted by Gasteiger charge is -2.33. The van der Waals surface area contributed by atoms with Crippen LogP contribution in [0.1, 0.15) is 23.6 Å². The summed E-state index contributed by atoms with van der Waals surface area (Å²) in [6.45, 7) is 0.746. The van der Waals surface area contributed by atoms with Gasteiger partial charge in [0.2, 0.25) is 21.8 Å². The van der Waals surface area contributed by atoms with Crippen LogP contribution in [0.25, 0.3) is 0 Å². The van der Waals surface area contributed by atoms with Gasteiger partial charge in [-0.3, -0.25) is 13.9 Å². The summed E-state index contributed by atoms with van der Waals surface area (Å²) in [7, 11) is -4.34. The van der Waals surface area contributed by atoms with E-state index in [9.17, 15) is 35.6 Å². The van der Waals surface area contributed by atoms with E-state index in [1.807, 2.05) is 0 Å². The van der Waals surface area contributed by atoms with E-state index < -0.39 is 57.7 Å². The standard InChI is InChI=1S/C28H28ClF4N3O4S/c1-3-34-27(38)25(15-19-7-5-4-6-8-19)35(17-20-9-12-22(30)13-10-20)26(37)18-36(41(2,39)40)24-16-21(28(31,32)33)11-14-23(24)29/h4-14,16,25H,3,15,17-18H2,1-2H3,(H,34,38)/t25-/m1/s1. The van der Waals surface area contributed by atoms with E-state index >= 15 is 0 Å². The number of hydrogen-bond acceptors (Lipinski definition) is 4. The topological polar surface area (TPSA) is 86.8 Å². The van der Waals surface area contributed by atoms with Gasteiger partial charge in [-0.05, 0) is 48.4 Å². The molecule has 0 heterocycles. The minimum absolute atomic E-state index is 0.0444. The van der Waals surface area contributed by atoms with Crippen molar-refractivity contribution in [1.82, 2.24) is 10.2 Å². The van der Waals surface area contributed by atoms with Crippen LogP contribution in [-0.4, -0.2) is 50.5 Å². The fraction of sp³-hybridized carbons (Fsp3) is 0.286. The molecule has 0 bridgehead atoms. The summed E-state index contributed by atoms with van der Waals surface area (Å²) in [5.74, 6) is -1.95. The van der Waals surface area contributed by atoms with Gasteiger partial charge in [-0.2, -0.15) is 13.2 Å². The maximum atomic E-state index is 13.9. The van der Waals surface area contributed by atoms with Gasteiger partial charge in [0, 0.05) is 19.5 Å². The number of amides is 2. The number of benzene rings is 3. The van der Waals surface area contributed by atoms with Gasteiger partial charge in [0.05, 0.1) is 22.5 Å². The summed E-state index contributed by atoms with van der Waals surface area (Å²) in [6, 6.07) is 14.9. The number of nitrogens with one attached hydrogen (secondary N) is 1. The summed E-state index contributed by atoms with van der Waals surface area (Å²) in [5.41, 5.74) is -0.575. The van der Waals surface area contributed by atoms with Gasteiger partial charge in [-0.25, -0.2) is 12.8 Å². The number of carbonyl (C=O) groups is 2. The summed E-state index contributed by atoms with van der Waals surface area (Å²) >= 11 is 6.12. The van der Waals surface area contributed by atoms with Crippen molar-refractivity contribution in [3.63, 3.8) is 0 Å². The Morgan fingerprint density at radius 1 is 0.976 bits per heavy atom. The Morgan fingerprint density at radius 3 is 2.17 bits per heavy atom. The molecule has 41 heavy (non-hydrogen) atoms. The minimum atomic E-state index is -4.81. The number of hydrogen-bond donors (Lipinski definition) is 1. The summed E-state index contributed by atoms with van der Waals surface area (Å²) < 4.78 is 80.0. The second kappa shape index (κ2) is 13.3. The van der Waals surface area contributed by atoms with Crippen LogP contribution >= 0.6 is 11.6 Å². The van der Waals surface area contributed by atoms with E-state index in [1.54, 1.807) is 37.3 Å². The molecule has 0 aliphatic carbocycles. The Balaban J connectivity index is 2.09. The molecule has 0 aliphatic rings. The Bertz CT molecular complexity index is 1470. The third-order valence-corrected chi connectivity index (χ3v) is 7.56. The van der Waals surface area contributed by atoms with Crippen LogP contribution in [0.5, 0.6) is 0 Å². The molecule has 0 aliphatic heterocycles. The first-order valence-corrected chi connectivity index (χ1v) is 14.6. The normalized spacial score (nSPS) is 12.5. The molecule has 13 heteroatoms. The predicted molar refractivity (Wildman–Crippen MR) is 148 cm³/mol. The van der Waals surface area contributed by atoms with Gasteiger partial charge in [0.1, 0.15) is 18.4 Å². The molecule has 220 valence electrons. The molecule has 0 fully saturated rings. The summed E-state index contributed by atoms with van der Waals surface area (Å²) in [6.07, 6.45) is -4.03. The quantitative estimate of drug-likeness (QED) is 0.307. The lowest BCUT2D eigenvalue weighted by atomic mass is 10.0. The van der Waals surface area contributed by atoms with Crippen molar-refractivity contribution in [3.05, 3.63) is 100 Å². The Morgan fingerprint density at radius 2 is 1.61 bits per heavy atom. The second-order valence-electron chi connectivity index (χ2n) is 9.18. The van der Waals surface area contributed by atoms with Gasteiger partial charge >= 0.3 is 6.18 Å². The molecule has 7 nitrogen and oxygen atoms in total. The van der Waals surface area contributed by atoms with Crippen molar-refractivity contribution in [2.75, 3.05) is 23.7 Å². The van der Waals surface area contributed by atoms with Crippen LogP contribution in [-0.2, 0) is 38.8 Å². The molecule has 1 N–H and O–H groups in total. The third kappa shape index (κ3) is 8.67. The minimum Gasteiger partial charge on any atom is -0.355 e. The molecule has 0 unspecified atom stereocenters. The van der Waals surface area contributed by atoms with E-state index in [0.29, 0.717) is 27.6 Å². The number of carbonyl (C=O) groups excluding carboxylic acids is 2. The smallest absolute Gasteiger partial charge is 0.355 e. The van der Waals surface area contributed by atoms with Crippen molar-refractivity contribution in [1.29, 1.82) is 0 Å². The highest BCUT2D eigenvalue weighted by Gasteiger charge is 2.35. The van der Waals surface area contributed by atoms with E-state index in [1.165, 1.54) is 24.3 Å². The molecule has 3 rings (SSSR count). The highest BCUT2D eigenvalue weighted by atomic mass is 35.5. The average Bonchev–Trinajstić information content (AvgIpc) is 2.90. The van der Waals surface area contributed by atoms with Gasteiger partial charge < -0.3 is 10.2 Å². The molecule has 0 saturated heterocycles. The zero-order valence-corrected chi connectivity index (χ0v) is 23.7. The molecule has 0 saturated carbocycles. The van der Waals surface area contributed by atoms with Crippen LogP contribution in [0.3, 0.4) is 0 Å². The van der Waals surface area contributed by atoms with Gasteiger partial charge in [0.15, 0.2) is 0 Å². The van der Waals surface area contributed by atoms with Crippen molar-refractivity contribution in [2.24, 2.45) is 0 Å². The Labute approximate surface area is 240 Å². The number of rotatable bonds is 11. The van der Waals surface area contributed by atoms with Crippen LogP contribution in [0.15, 0.2) is 72.8 Å². The van der Waals surface area contributed by atoms with Crippen molar-refractivity contribution >= 4 is 39.1 Å². The predicted octanol–water partition coefficient (Wildman–Crippen LogP) is 5.04. The van der Waals surface area contributed by atoms with E-state index in [4.69, 9.17) is 11.6 Å². The highest BCUT2D eigenvalue weighted by Crippen LogP contribution is 2.36. The monoisotopic (exact) mass is 613 g/mol. The maximum Gasteiger partial charge on any atom is 0.416 e. The molecule has 3 aromatic carbocycles. The van der Waals surface area contributed by atoms with E-state index in [0.717, 1.165) is 17.2 Å². The lowest BCUT2D eigenvalue weighted by Crippen LogP contribution is -2.53. The number of sulfonamides is 1. The zero-order chi connectivity index (χ0) is 30.4. The molecule has 0 aromatic heterocycles. The Kier molecular flexibility index (Phi) is 10.4. The zero-order valence-electron chi connectivity index (χ0n) is 22.2. The summed E-state index contributed by atoms with van der Waals surface area (Å²) in [4.78, 5) is 28.3. The van der Waals surface area contributed by atoms with Crippen LogP contribution in [0, 0.1) is 5.82 Å². The van der Waals surface area contributed by atoms with Crippen molar-refractivity contribution in [2.45, 2.75) is 32.1 Å². The Hall–Kier alpha value is -3.64. The number of nitrogens with zero attached hydrogens (tertiary/aromatic N) is 2. The lowest BCUT2D eigenvalue weighted by molar-refractivity contribution is -0.140. The van der Waals surface area contributed by atoms with Gasteiger partial charge in [-0.15, -0.1) is 0 Å². The number of likely N-dealkylation sites (N-methyl/N-ethyl adjacent to an activating group) is 1. The van der Waals surface area contributed by atoms with E-state index in [-0.39, 0.29) is 24.5 Å². The first kappa shape index (κ1) is 31.9. The van der Waals surface area contributed by atoms with Crippen LogP contribution < -0.4 is 9.62 Å². The van der Waals surface area contributed by atoms with Gasteiger partial charge in [0.25, 0.3) is 0 Å². The number of halogens is 5. The molecule has 0 radical (unpaired) electrons. The first-order valence-electron chi connectivity index (χ1n) is 12.4. The highest BCUT2D eigenvalue weighted by molar-refractivity contribution is 7.92. The number of alkyl halides is 3. The van der Waals surface area contributed by atoms with Crippen LogP contribution in [0.4, 0.5) is 23.2 Å². The molecule has 3 aromatic rings. The van der Waals surface area contributed by atoms with Crippen molar-refractivity contribution in [3.8, 4) is 0 Å². The fourth-order valence-corrected chi connectivity index (χ4v) is 5.23. The average molecular weight is 614 g/mol. The van der Waals surface area contributed by atoms with Gasteiger partial charge in [-0.1, -0.05) is 54.1 Å².